The average Bonchev–Trinajstić information content (AvgIpc) is 3.22. The van der Waals surface area contributed by atoms with Crippen LogP contribution in [-0.4, -0.2) is 81.4 Å². The maximum absolute atomic E-state index is 12.7. The van der Waals surface area contributed by atoms with Crippen LogP contribution < -0.4 is 0 Å². The van der Waals surface area contributed by atoms with E-state index in [4.69, 9.17) is 11.6 Å². The Morgan fingerprint density at radius 2 is 1.73 bits per heavy atom. The molecule has 11 heteroatoms. The Labute approximate surface area is 164 Å². The number of piperazine rings is 1. The third kappa shape index (κ3) is 3.82. The standard InChI is InChI=1S/C15H24ClN3O4S3/c1-3-15(6-7-19(12-15)25(2,20)21)17-8-10-18(11-9-17)26(22,23)14-5-4-13(16)24-14/h4-5H,3,6-12H2,1-2H3. The highest BCUT2D eigenvalue weighted by molar-refractivity contribution is 7.91. The Kier molecular flexibility index (Phi) is 5.76. The third-order valence-electron chi connectivity index (χ3n) is 5.48. The molecule has 1 aromatic heterocycles. The van der Waals surface area contributed by atoms with Gasteiger partial charge in [-0.15, -0.1) is 11.3 Å². The molecule has 0 aliphatic carbocycles. The van der Waals surface area contributed by atoms with Crippen molar-refractivity contribution in [2.75, 3.05) is 45.5 Å². The average molecular weight is 442 g/mol. The van der Waals surface area contributed by atoms with Gasteiger partial charge in [-0.1, -0.05) is 18.5 Å². The molecular weight excluding hydrogens is 418 g/mol. The van der Waals surface area contributed by atoms with Crippen molar-refractivity contribution in [1.29, 1.82) is 0 Å². The fourth-order valence-electron chi connectivity index (χ4n) is 3.84. The molecule has 1 atom stereocenters. The van der Waals surface area contributed by atoms with E-state index in [0.29, 0.717) is 43.6 Å². The lowest BCUT2D eigenvalue weighted by Gasteiger charge is -2.45. The molecule has 0 saturated carbocycles. The van der Waals surface area contributed by atoms with Gasteiger partial charge in [0.05, 0.1) is 10.6 Å². The largest absolute Gasteiger partial charge is 0.294 e. The molecule has 148 valence electrons. The van der Waals surface area contributed by atoms with Crippen molar-refractivity contribution in [2.24, 2.45) is 0 Å². The lowest BCUT2D eigenvalue weighted by atomic mass is 9.92. The van der Waals surface area contributed by atoms with Crippen LogP contribution in [0, 0.1) is 0 Å². The van der Waals surface area contributed by atoms with Crippen LogP contribution in [0.25, 0.3) is 0 Å². The van der Waals surface area contributed by atoms with E-state index in [-0.39, 0.29) is 9.75 Å². The Balaban J connectivity index is 1.70. The van der Waals surface area contributed by atoms with Gasteiger partial charge in [0.2, 0.25) is 10.0 Å². The predicted molar refractivity (Wildman–Crippen MR) is 104 cm³/mol. The molecule has 2 fully saturated rings. The van der Waals surface area contributed by atoms with Crippen molar-refractivity contribution < 1.29 is 16.8 Å². The number of thiophene rings is 1. The van der Waals surface area contributed by atoms with Gasteiger partial charge in [-0.05, 0) is 25.0 Å². The highest BCUT2D eigenvalue weighted by atomic mass is 35.5. The lowest BCUT2D eigenvalue weighted by molar-refractivity contribution is 0.0600. The number of rotatable bonds is 5. The van der Waals surface area contributed by atoms with Crippen LogP contribution in [0.15, 0.2) is 16.3 Å². The quantitative estimate of drug-likeness (QED) is 0.692. The Bertz CT molecular complexity index is 862. The van der Waals surface area contributed by atoms with Gasteiger partial charge >= 0.3 is 0 Å². The van der Waals surface area contributed by atoms with Crippen LogP contribution in [-0.2, 0) is 20.0 Å². The van der Waals surface area contributed by atoms with E-state index in [1.54, 1.807) is 12.1 Å². The summed E-state index contributed by atoms with van der Waals surface area (Å²) in [7, 11) is -6.72. The van der Waals surface area contributed by atoms with E-state index in [2.05, 4.69) is 11.8 Å². The van der Waals surface area contributed by atoms with Gasteiger partial charge in [-0.2, -0.15) is 4.31 Å². The first kappa shape index (κ1) is 20.5. The number of hydrogen-bond acceptors (Lipinski definition) is 6. The topological polar surface area (TPSA) is 78.0 Å². The van der Waals surface area contributed by atoms with Crippen molar-refractivity contribution in [3.8, 4) is 0 Å². The van der Waals surface area contributed by atoms with Gasteiger partial charge in [0.25, 0.3) is 10.0 Å². The summed E-state index contributed by atoms with van der Waals surface area (Å²) < 4.78 is 53.0. The zero-order valence-electron chi connectivity index (χ0n) is 14.9. The molecule has 26 heavy (non-hydrogen) atoms. The molecule has 1 unspecified atom stereocenters. The first-order valence-corrected chi connectivity index (χ1v) is 13.0. The van der Waals surface area contributed by atoms with Crippen molar-refractivity contribution in [1.82, 2.24) is 13.5 Å². The van der Waals surface area contributed by atoms with Crippen molar-refractivity contribution in [3.05, 3.63) is 16.5 Å². The van der Waals surface area contributed by atoms with E-state index < -0.39 is 20.0 Å². The molecule has 1 aromatic rings. The second-order valence-electron chi connectivity index (χ2n) is 6.87. The molecule has 3 rings (SSSR count). The summed E-state index contributed by atoms with van der Waals surface area (Å²) in [6, 6.07) is 3.14. The molecule has 0 aromatic carbocycles. The van der Waals surface area contributed by atoms with Crippen molar-refractivity contribution in [3.63, 3.8) is 0 Å². The molecule has 7 nitrogen and oxygen atoms in total. The summed E-state index contributed by atoms with van der Waals surface area (Å²) in [6.07, 6.45) is 2.87. The smallest absolute Gasteiger partial charge is 0.252 e. The third-order valence-corrected chi connectivity index (χ3v) is 10.3. The van der Waals surface area contributed by atoms with Gasteiger partial charge in [0.15, 0.2) is 0 Å². The van der Waals surface area contributed by atoms with E-state index in [0.717, 1.165) is 24.2 Å². The highest BCUT2D eigenvalue weighted by Gasteiger charge is 2.45. The molecule has 0 amide bonds. The van der Waals surface area contributed by atoms with Crippen LogP contribution >= 0.6 is 22.9 Å². The molecule has 0 spiro atoms. The molecule has 2 aliphatic rings. The molecule has 0 N–H and O–H groups in total. The van der Waals surface area contributed by atoms with Crippen molar-refractivity contribution >= 4 is 43.0 Å². The lowest BCUT2D eigenvalue weighted by Crippen LogP contribution is -2.58. The summed E-state index contributed by atoms with van der Waals surface area (Å²) in [5, 5.41) is 0. The van der Waals surface area contributed by atoms with E-state index in [1.807, 2.05) is 0 Å². The fourth-order valence-corrected chi connectivity index (χ4v) is 7.80. The van der Waals surface area contributed by atoms with Gasteiger partial charge in [-0.3, -0.25) is 4.90 Å². The summed E-state index contributed by atoms with van der Waals surface area (Å²) in [4.78, 5) is 2.27. The SMILES string of the molecule is CCC1(N2CCN(S(=O)(=O)c3ccc(Cl)s3)CC2)CCN(S(C)(=O)=O)C1. The zero-order chi connectivity index (χ0) is 19.2. The maximum atomic E-state index is 12.7. The number of hydrogen-bond donors (Lipinski definition) is 0. The normalized spacial score (nSPS) is 27.2. The van der Waals surface area contributed by atoms with E-state index in [9.17, 15) is 16.8 Å². The first-order chi connectivity index (χ1) is 12.1. The fraction of sp³-hybridized carbons (Fsp3) is 0.733. The Morgan fingerprint density at radius 3 is 2.19 bits per heavy atom. The minimum absolute atomic E-state index is 0.203. The molecule has 0 radical (unpaired) electrons. The molecule has 3 heterocycles. The second kappa shape index (κ2) is 7.31. The molecule has 2 aliphatic heterocycles. The summed E-state index contributed by atoms with van der Waals surface area (Å²) in [5.74, 6) is 0. The zero-order valence-corrected chi connectivity index (χ0v) is 18.1. The molecular formula is C15H24ClN3O4S3. The van der Waals surface area contributed by atoms with Crippen LogP contribution in [0.5, 0.6) is 0 Å². The predicted octanol–water partition coefficient (Wildman–Crippen LogP) is 1.52. The van der Waals surface area contributed by atoms with Gasteiger partial charge in [0.1, 0.15) is 4.21 Å². The first-order valence-electron chi connectivity index (χ1n) is 8.54. The minimum Gasteiger partial charge on any atom is -0.294 e. The van der Waals surface area contributed by atoms with Gasteiger partial charge < -0.3 is 0 Å². The van der Waals surface area contributed by atoms with Crippen LogP contribution in [0.2, 0.25) is 4.34 Å². The van der Waals surface area contributed by atoms with E-state index >= 15 is 0 Å². The van der Waals surface area contributed by atoms with Crippen molar-refractivity contribution in [2.45, 2.75) is 29.5 Å². The number of halogens is 1. The Morgan fingerprint density at radius 1 is 1.08 bits per heavy atom. The molecule has 2 saturated heterocycles. The summed E-state index contributed by atoms with van der Waals surface area (Å²) in [5.41, 5.74) is -0.203. The monoisotopic (exact) mass is 441 g/mol. The van der Waals surface area contributed by atoms with Gasteiger partial charge in [0, 0.05) is 44.8 Å². The van der Waals surface area contributed by atoms with Crippen LogP contribution in [0.3, 0.4) is 0 Å². The minimum atomic E-state index is -3.51. The highest BCUT2D eigenvalue weighted by Crippen LogP contribution is 2.34. The Hall–Kier alpha value is -0.230. The maximum Gasteiger partial charge on any atom is 0.252 e. The van der Waals surface area contributed by atoms with Crippen LogP contribution in [0.1, 0.15) is 19.8 Å². The molecule has 0 bridgehead atoms. The number of sulfonamides is 2. The summed E-state index contributed by atoms with van der Waals surface area (Å²) in [6.45, 7) is 5.08. The van der Waals surface area contributed by atoms with Gasteiger partial charge in [-0.25, -0.2) is 21.1 Å². The van der Waals surface area contributed by atoms with Crippen LogP contribution in [0.4, 0.5) is 0 Å². The van der Waals surface area contributed by atoms with E-state index in [1.165, 1.54) is 14.9 Å². The second-order valence-corrected chi connectivity index (χ2v) is 12.7. The summed E-state index contributed by atoms with van der Waals surface area (Å²) >= 11 is 6.95. The number of nitrogens with zero attached hydrogens (tertiary/aromatic N) is 3.